The van der Waals surface area contributed by atoms with Gasteiger partial charge in [0.2, 0.25) is 0 Å². The standard InChI is InChI=1S/C31H34N2O4S/c34-26(20-32-12-10-23(11-13-32)25-9-8-22-4-1-2-5-24(22)18-25)21-37-28-6-3-7-29-27(28)19-30(38-29)31(35)33-14-16-36-17-15-33/h1-9,18-19,23,26,34H,10-17,20-21H2/t26-/m0/s1. The highest BCUT2D eigenvalue weighted by Crippen LogP contribution is 2.34. The van der Waals surface area contributed by atoms with E-state index in [4.69, 9.17) is 9.47 Å². The van der Waals surface area contributed by atoms with Gasteiger partial charge in [0.15, 0.2) is 0 Å². The van der Waals surface area contributed by atoms with Gasteiger partial charge in [0.25, 0.3) is 5.91 Å². The summed E-state index contributed by atoms with van der Waals surface area (Å²) in [4.78, 5) is 17.8. The van der Waals surface area contributed by atoms with E-state index in [0.29, 0.717) is 49.4 Å². The number of β-amino-alcohol motifs (C(OH)–C–C–N with tert-alkyl or cyclic N) is 1. The number of aliphatic hydroxyl groups is 1. The lowest BCUT2D eigenvalue weighted by molar-refractivity contribution is 0.0306. The highest BCUT2D eigenvalue weighted by molar-refractivity contribution is 7.20. The van der Waals surface area contributed by atoms with Crippen LogP contribution in [0.25, 0.3) is 20.9 Å². The van der Waals surface area contributed by atoms with E-state index in [1.54, 1.807) is 0 Å². The molecule has 0 spiro atoms. The molecular weight excluding hydrogens is 496 g/mol. The molecule has 6 rings (SSSR count). The van der Waals surface area contributed by atoms with Crippen LogP contribution in [0.1, 0.15) is 34.0 Å². The minimum absolute atomic E-state index is 0.0487. The van der Waals surface area contributed by atoms with Crippen molar-refractivity contribution in [3.05, 3.63) is 77.2 Å². The topological polar surface area (TPSA) is 62.2 Å². The molecule has 198 valence electrons. The number of rotatable bonds is 7. The normalized spacial score (nSPS) is 18.2. The largest absolute Gasteiger partial charge is 0.490 e. The Morgan fingerprint density at radius 1 is 0.974 bits per heavy atom. The first-order valence-corrected chi connectivity index (χ1v) is 14.4. The van der Waals surface area contributed by atoms with Gasteiger partial charge in [0, 0.05) is 29.7 Å². The second-order valence-electron chi connectivity index (χ2n) is 10.3. The fourth-order valence-corrected chi connectivity index (χ4v) is 6.68. The van der Waals surface area contributed by atoms with Crippen LogP contribution in [0.4, 0.5) is 0 Å². The Balaban J connectivity index is 1.02. The van der Waals surface area contributed by atoms with Crippen LogP contribution in [0, 0.1) is 0 Å². The van der Waals surface area contributed by atoms with Crippen molar-refractivity contribution >= 4 is 38.1 Å². The molecule has 7 heteroatoms. The smallest absolute Gasteiger partial charge is 0.264 e. The molecule has 1 N–H and O–H groups in total. The van der Waals surface area contributed by atoms with Gasteiger partial charge < -0.3 is 24.4 Å². The molecule has 2 aliphatic heterocycles. The number of carbonyl (C=O) groups excluding carboxylic acids is 1. The number of hydrogen-bond acceptors (Lipinski definition) is 6. The Morgan fingerprint density at radius 3 is 2.58 bits per heavy atom. The predicted octanol–water partition coefficient (Wildman–Crippen LogP) is 5.15. The molecular formula is C31H34N2O4S. The van der Waals surface area contributed by atoms with Crippen molar-refractivity contribution in [2.75, 3.05) is 52.5 Å². The van der Waals surface area contributed by atoms with Crippen LogP contribution in [-0.4, -0.2) is 79.5 Å². The number of ether oxygens (including phenoxy) is 2. The molecule has 1 amide bonds. The van der Waals surface area contributed by atoms with Crippen molar-refractivity contribution in [3.8, 4) is 5.75 Å². The number of fused-ring (bicyclic) bond motifs is 2. The number of piperidine rings is 1. The van der Waals surface area contributed by atoms with E-state index in [1.165, 1.54) is 27.7 Å². The Bertz CT molecular complexity index is 1410. The molecule has 0 aliphatic carbocycles. The molecule has 2 saturated heterocycles. The Hall–Kier alpha value is -2.97. The van der Waals surface area contributed by atoms with Crippen molar-refractivity contribution in [1.29, 1.82) is 0 Å². The Kier molecular flexibility index (Phi) is 7.60. The van der Waals surface area contributed by atoms with E-state index < -0.39 is 6.10 Å². The molecule has 1 aromatic heterocycles. The lowest BCUT2D eigenvalue weighted by Gasteiger charge is -2.33. The van der Waals surface area contributed by atoms with Crippen LogP contribution >= 0.6 is 11.3 Å². The summed E-state index contributed by atoms with van der Waals surface area (Å²) in [6.07, 6.45) is 1.62. The van der Waals surface area contributed by atoms with Crippen LogP contribution in [-0.2, 0) is 4.74 Å². The van der Waals surface area contributed by atoms with E-state index in [-0.39, 0.29) is 12.5 Å². The van der Waals surface area contributed by atoms with E-state index >= 15 is 0 Å². The first-order valence-electron chi connectivity index (χ1n) is 13.6. The zero-order valence-electron chi connectivity index (χ0n) is 21.6. The summed E-state index contributed by atoms with van der Waals surface area (Å²) in [5.74, 6) is 1.33. The Morgan fingerprint density at radius 2 is 1.76 bits per heavy atom. The number of likely N-dealkylation sites (tertiary alicyclic amines) is 1. The van der Waals surface area contributed by atoms with E-state index in [2.05, 4.69) is 47.4 Å². The number of morpholine rings is 1. The summed E-state index contributed by atoms with van der Waals surface area (Å²) in [5.41, 5.74) is 1.42. The quantitative estimate of drug-likeness (QED) is 0.358. The monoisotopic (exact) mass is 530 g/mol. The number of benzene rings is 3. The van der Waals surface area contributed by atoms with E-state index in [9.17, 15) is 9.90 Å². The number of hydrogen-bond donors (Lipinski definition) is 1. The van der Waals surface area contributed by atoms with Crippen LogP contribution in [0.5, 0.6) is 5.75 Å². The summed E-state index contributed by atoms with van der Waals surface area (Å²) in [7, 11) is 0. The molecule has 0 unspecified atom stereocenters. The highest BCUT2D eigenvalue weighted by Gasteiger charge is 2.24. The second-order valence-corrected chi connectivity index (χ2v) is 11.4. The fourth-order valence-electron chi connectivity index (χ4n) is 5.64. The van der Waals surface area contributed by atoms with Gasteiger partial charge in [0.05, 0.1) is 18.1 Å². The minimum Gasteiger partial charge on any atom is -0.490 e. The lowest BCUT2D eigenvalue weighted by atomic mass is 9.88. The first-order chi connectivity index (χ1) is 18.6. The SMILES string of the molecule is O=C(c1cc2c(OC[C@@H](O)CN3CCC(c4ccc5ccccc5c4)CC3)cccc2s1)N1CCOCC1. The summed E-state index contributed by atoms with van der Waals surface area (Å²) in [6.45, 7) is 5.21. The summed E-state index contributed by atoms with van der Waals surface area (Å²) >= 11 is 1.49. The van der Waals surface area contributed by atoms with Crippen molar-refractivity contribution < 1.29 is 19.4 Å². The predicted molar refractivity (Wildman–Crippen MR) is 152 cm³/mol. The van der Waals surface area contributed by atoms with E-state index in [1.807, 2.05) is 29.2 Å². The molecule has 6 nitrogen and oxygen atoms in total. The number of aliphatic hydroxyl groups excluding tert-OH is 1. The second kappa shape index (κ2) is 11.4. The van der Waals surface area contributed by atoms with Crippen LogP contribution in [0.2, 0.25) is 0 Å². The molecule has 3 heterocycles. The molecule has 0 radical (unpaired) electrons. The molecule has 4 aromatic rings. The van der Waals surface area contributed by atoms with Crippen molar-refractivity contribution in [3.63, 3.8) is 0 Å². The average molecular weight is 531 g/mol. The highest BCUT2D eigenvalue weighted by atomic mass is 32.1. The molecule has 2 fully saturated rings. The zero-order valence-corrected chi connectivity index (χ0v) is 22.4. The van der Waals surface area contributed by atoms with Gasteiger partial charge in [-0.1, -0.05) is 48.5 Å². The third kappa shape index (κ3) is 5.57. The maximum Gasteiger partial charge on any atom is 0.264 e. The number of nitrogens with zero attached hydrogens (tertiary/aromatic N) is 2. The van der Waals surface area contributed by atoms with Gasteiger partial charge in [-0.15, -0.1) is 11.3 Å². The molecule has 1 atom stereocenters. The third-order valence-corrected chi connectivity index (χ3v) is 8.85. The molecule has 0 saturated carbocycles. The number of carbonyl (C=O) groups is 1. The number of amides is 1. The van der Waals surface area contributed by atoms with Crippen LogP contribution in [0.15, 0.2) is 66.7 Å². The average Bonchev–Trinajstić information content (AvgIpc) is 3.41. The van der Waals surface area contributed by atoms with E-state index in [0.717, 1.165) is 36.0 Å². The van der Waals surface area contributed by atoms with Crippen molar-refractivity contribution in [1.82, 2.24) is 9.80 Å². The van der Waals surface area contributed by atoms with Gasteiger partial charge in [-0.25, -0.2) is 0 Å². The van der Waals surface area contributed by atoms with Gasteiger partial charge in [0.1, 0.15) is 18.5 Å². The van der Waals surface area contributed by atoms with Gasteiger partial charge in [-0.05, 0) is 66.4 Å². The summed E-state index contributed by atoms with van der Waals surface area (Å²) in [6, 6.07) is 23.2. The summed E-state index contributed by atoms with van der Waals surface area (Å²) < 4.78 is 12.5. The zero-order chi connectivity index (χ0) is 25.9. The molecule has 2 aliphatic rings. The third-order valence-electron chi connectivity index (χ3n) is 7.76. The molecule has 38 heavy (non-hydrogen) atoms. The Labute approximate surface area is 227 Å². The first kappa shape index (κ1) is 25.3. The molecule has 3 aromatic carbocycles. The van der Waals surface area contributed by atoms with Crippen molar-refractivity contribution in [2.45, 2.75) is 24.9 Å². The maximum atomic E-state index is 12.9. The van der Waals surface area contributed by atoms with Crippen LogP contribution in [0.3, 0.4) is 0 Å². The van der Waals surface area contributed by atoms with Gasteiger partial charge in [-0.2, -0.15) is 0 Å². The van der Waals surface area contributed by atoms with Gasteiger partial charge >= 0.3 is 0 Å². The van der Waals surface area contributed by atoms with Crippen LogP contribution < -0.4 is 4.74 Å². The van der Waals surface area contributed by atoms with Gasteiger partial charge in [-0.3, -0.25) is 4.79 Å². The maximum absolute atomic E-state index is 12.9. The molecule has 0 bridgehead atoms. The number of thiophene rings is 1. The summed E-state index contributed by atoms with van der Waals surface area (Å²) in [5, 5.41) is 14.3. The minimum atomic E-state index is -0.574. The lowest BCUT2D eigenvalue weighted by Crippen LogP contribution is -2.40. The van der Waals surface area contributed by atoms with Crippen molar-refractivity contribution in [2.24, 2.45) is 0 Å². The fraction of sp³-hybridized carbons (Fsp3) is 0.387.